The molecule has 3 heteroatoms. The van der Waals surface area contributed by atoms with Crippen molar-refractivity contribution in [3.8, 4) is 0 Å². The first kappa shape index (κ1) is 9.45. The van der Waals surface area contributed by atoms with Crippen LogP contribution in [0, 0.1) is 0 Å². The summed E-state index contributed by atoms with van der Waals surface area (Å²) in [7, 11) is 0. The molecule has 13 heavy (non-hydrogen) atoms. The summed E-state index contributed by atoms with van der Waals surface area (Å²) in [6, 6.07) is 7.18. The molecule has 0 saturated carbocycles. The summed E-state index contributed by atoms with van der Waals surface area (Å²) in [6.45, 7) is 1.85. The van der Waals surface area contributed by atoms with Gasteiger partial charge in [-0.2, -0.15) is 0 Å². The van der Waals surface area contributed by atoms with Crippen molar-refractivity contribution < 1.29 is 9.59 Å². The third-order valence-corrected chi connectivity index (χ3v) is 1.71. The Bertz CT molecular complexity index is 320. The van der Waals surface area contributed by atoms with Gasteiger partial charge in [-0.15, -0.1) is 0 Å². The standard InChI is InChI=1S/C10H11NO2/c1-8(13)11-6-9-4-2-3-5-10(9)7-12/h2-5,7H,6H2,1H3,(H,11,13). The normalized spacial score (nSPS) is 9.31. The summed E-state index contributed by atoms with van der Waals surface area (Å²) in [5, 5.41) is 2.64. The highest BCUT2D eigenvalue weighted by Crippen LogP contribution is 2.05. The van der Waals surface area contributed by atoms with Crippen LogP contribution in [0.5, 0.6) is 0 Å². The molecule has 0 spiro atoms. The van der Waals surface area contributed by atoms with E-state index in [0.29, 0.717) is 12.1 Å². The zero-order valence-corrected chi connectivity index (χ0v) is 7.41. The molecule has 1 amide bonds. The lowest BCUT2D eigenvalue weighted by atomic mass is 10.1. The third-order valence-electron chi connectivity index (χ3n) is 1.71. The summed E-state index contributed by atoms with van der Waals surface area (Å²) in [6.07, 6.45) is 0.789. The van der Waals surface area contributed by atoms with Crippen LogP contribution in [0.4, 0.5) is 0 Å². The fourth-order valence-electron chi connectivity index (χ4n) is 1.03. The van der Waals surface area contributed by atoms with E-state index in [1.54, 1.807) is 12.1 Å². The van der Waals surface area contributed by atoms with Gasteiger partial charge in [0.1, 0.15) is 6.29 Å². The van der Waals surface area contributed by atoms with Crippen molar-refractivity contribution in [2.75, 3.05) is 0 Å². The monoisotopic (exact) mass is 177 g/mol. The van der Waals surface area contributed by atoms with Gasteiger partial charge in [0.05, 0.1) is 0 Å². The Balaban J connectivity index is 2.75. The van der Waals surface area contributed by atoms with E-state index in [1.165, 1.54) is 6.92 Å². The third kappa shape index (κ3) is 2.71. The molecule has 1 rings (SSSR count). The van der Waals surface area contributed by atoms with Gasteiger partial charge in [-0.05, 0) is 5.56 Å². The smallest absolute Gasteiger partial charge is 0.217 e. The van der Waals surface area contributed by atoms with Crippen molar-refractivity contribution in [1.29, 1.82) is 0 Å². The first-order valence-corrected chi connectivity index (χ1v) is 4.01. The molecule has 1 aromatic rings. The minimum atomic E-state index is -0.0966. The molecule has 0 fully saturated rings. The first-order chi connectivity index (χ1) is 6.24. The highest BCUT2D eigenvalue weighted by molar-refractivity contribution is 5.78. The summed E-state index contributed by atoms with van der Waals surface area (Å²) >= 11 is 0. The molecule has 0 aliphatic rings. The average molecular weight is 177 g/mol. The van der Waals surface area contributed by atoms with Crippen molar-refractivity contribution in [2.24, 2.45) is 0 Å². The molecule has 0 aromatic heterocycles. The molecule has 0 saturated heterocycles. The van der Waals surface area contributed by atoms with E-state index >= 15 is 0 Å². The van der Waals surface area contributed by atoms with Crippen LogP contribution < -0.4 is 5.32 Å². The predicted molar refractivity (Wildman–Crippen MR) is 49.4 cm³/mol. The molecule has 0 bridgehead atoms. The van der Waals surface area contributed by atoms with E-state index in [4.69, 9.17) is 0 Å². The van der Waals surface area contributed by atoms with Gasteiger partial charge in [-0.3, -0.25) is 9.59 Å². The second kappa shape index (κ2) is 4.40. The van der Waals surface area contributed by atoms with E-state index < -0.39 is 0 Å². The summed E-state index contributed by atoms with van der Waals surface area (Å²) in [5.74, 6) is -0.0966. The molecule has 0 radical (unpaired) electrons. The van der Waals surface area contributed by atoms with Crippen molar-refractivity contribution in [2.45, 2.75) is 13.5 Å². The van der Waals surface area contributed by atoms with Crippen molar-refractivity contribution >= 4 is 12.2 Å². The van der Waals surface area contributed by atoms with Crippen LogP contribution in [0.25, 0.3) is 0 Å². The quantitative estimate of drug-likeness (QED) is 0.703. The topological polar surface area (TPSA) is 46.2 Å². The fourth-order valence-corrected chi connectivity index (χ4v) is 1.03. The molecular weight excluding hydrogens is 166 g/mol. The highest BCUT2D eigenvalue weighted by atomic mass is 16.1. The Morgan fingerprint density at radius 1 is 1.46 bits per heavy atom. The number of hydrogen-bond donors (Lipinski definition) is 1. The van der Waals surface area contributed by atoms with Crippen molar-refractivity contribution in [1.82, 2.24) is 5.32 Å². The number of nitrogens with one attached hydrogen (secondary N) is 1. The number of rotatable bonds is 3. The van der Waals surface area contributed by atoms with E-state index in [0.717, 1.165) is 11.8 Å². The summed E-state index contributed by atoms with van der Waals surface area (Å²) < 4.78 is 0. The average Bonchev–Trinajstić information content (AvgIpc) is 2.15. The minimum Gasteiger partial charge on any atom is -0.352 e. The van der Waals surface area contributed by atoms with E-state index in [-0.39, 0.29) is 5.91 Å². The van der Waals surface area contributed by atoms with Crippen LogP contribution in [0.1, 0.15) is 22.8 Å². The molecule has 0 atom stereocenters. The molecule has 0 aliphatic heterocycles. The second-order valence-corrected chi connectivity index (χ2v) is 2.73. The predicted octanol–water partition coefficient (Wildman–Crippen LogP) is 1.14. The number of hydrogen-bond acceptors (Lipinski definition) is 2. The Labute approximate surface area is 76.8 Å². The minimum absolute atomic E-state index is 0.0966. The Kier molecular flexibility index (Phi) is 3.20. The van der Waals surface area contributed by atoms with Crippen molar-refractivity contribution in [3.05, 3.63) is 35.4 Å². The largest absolute Gasteiger partial charge is 0.352 e. The second-order valence-electron chi connectivity index (χ2n) is 2.73. The maximum atomic E-state index is 10.6. The van der Waals surface area contributed by atoms with E-state index in [1.807, 2.05) is 12.1 Å². The number of carbonyl (C=O) groups is 2. The van der Waals surface area contributed by atoms with Gasteiger partial charge in [0.2, 0.25) is 5.91 Å². The van der Waals surface area contributed by atoms with Gasteiger partial charge in [0.15, 0.2) is 0 Å². The molecular formula is C10H11NO2. The lowest BCUT2D eigenvalue weighted by molar-refractivity contribution is -0.119. The molecule has 0 heterocycles. The number of amides is 1. The van der Waals surface area contributed by atoms with Gasteiger partial charge in [0, 0.05) is 19.0 Å². The highest BCUT2D eigenvalue weighted by Gasteiger charge is 1.99. The number of aldehydes is 1. The Morgan fingerprint density at radius 2 is 2.15 bits per heavy atom. The molecule has 3 nitrogen and oxygen atoms in total. The van der Waals surface area contributed by atoms with Crippen LogP contribution in [0.2, 0.25) is 0 Å². The fraction of sp³-hybridized carbons (Fsp3) is 0.200. The molecule has 0 unspecified atom stereocenters. The lowest BCUT2D eigenvalue weighted by Gasteiger charge is -2.04. The maximum absolute atomic E-state index is 10.6. The maximum Gasteiger partial charge on any atom is 0.217 e. The molecule has 1 aromatic carbocycles. The molecule has 0 aliphatic carbocycles. The zero-order valence-electron chi connectivity index (χ0n) is 7.41. The molecule has 68 valence electrons. The van der Waals surface area contributed by atoms with Gasteiger partial charge in [-0.25, -0.2) is 0 Å². The van der Waals surface area contributed by atoms with E-state index in [2.05, 4.69) is 5.32 Å². The SMILES string of the molecule is CC(=O)NCc1ccccc1C=O. The molecule has 1 N–H and O–H groups in total. The number of carbonyl (C=O) groups excluding carboxylic acids is 2. The lowest BCUT2D eigenvalue weighted by Crippen LogP contribution is -2.19. The van der Waals surface area contributed by atoms with Gasteiger partial charge in [-0.1, -0.05) is 24.3 Å². The van der Waals surface area contributed by atoms with Crippen molar-refractivity contribution in [3.63, 3.8) is 0 Å². The zero-order chi connectivity index (χ0) is 9.68. The number of benzene rings is 1. The van der Waals surface area contributed by atoms with Crippen LogP contribution in [-0.4, -0.2) is 12.2 Å². The van der Waals surface area contributed by atoms with Crippen LogP contribution >= 0.6 is 0 Å². The van der Waals surface area contributed by atoms with Crippen LogP contribution in [0.15, 0.2) is 24.3 Å². The van der Waals surface area contributed by atoms with Gasteiger partial charge < -0.3 is 5.32 Å². The summed E-state index contributed by atoms with van der Waals surface area (Å²) in [4.78, 5) is 21.2. The van der Waals surface area contributed by atoms with Gasteiger partial charge in [0.25, 0.3) is 0 Å². The first-order valence-electron chi connectivity index (χ1n) is 4.01. The van der Waals surface area contributed by atoms with E-state index in [9.17, 15) is 9.59 Å². The Morgan fingerprint density at radius 3 is 2.77 bits per heavy atom. The van der Waals surface area contributed by atoms with Gasteiger partial charge >= 0.3 is 0 Å². The van der Waals surface area contributed by atoms with Crippen LogP contribution in [0.3, 0.4) is 0 Å². The Hall–Kier alpha value is -1.64. The summed E-state index contributed by atoms with van der Waals surface area (Å²) in [5.41, 5.74) is 1.46. The van der Waals surface area contributed by atoms with Crippen LogP contribution in [-0.2, 0) is 11.3 Å².